The van der Waals surface area contributed by atoms with Crippen LogP contribution in [0.5, 0.6) is 5.75 Å². The standard InChI is InChI=1S/C17H20N4O2/c22-17(13-5-6-14-12(10-13)7-9-23-14)18-11-16-20-19-15-4-2-1-3-8-21(15)16/h5-6,10H,1-4,7-9,11H2,(H,18,22). The number of fused-ring (bicyclic) bond motifs is 2. The summed E-state index contributed by atoms with van der Waals surface area (Å²) in [6, 6.07) is 5.60. The van der Waals surface area contributed by atoms with Crippen LogP contribution in [0.25, 0.3) is 0 Å². The van der Waals surface area contributed by atoms with Gasteiger partial charge in [-0.05, 0) is 36.6 Å². The Hall–Kier alpha value is -2.37. The number of hydrogen-bond acceptors (Lipinski definition) is 4. The van der Waals surface area contributed by atoms with Crippen molar-refractivity contribution in [2.75, 3.05) is 6.61 Å². The Morgan fingerprint density at radius 1 is 1.22 bits per heavy atom. The van der Waals surface area contributed by atoms with Crippen LogP contribution in [0.15, 0.2) is 18.2 Å². The lowest BCUT2D eigenvalue weighted by Gasteiger charge is -2.09. The normalized spacial score (nSPS) is 16.2. The highest BCUT2D eigenvalue weighted by molar-refractivity contribution is 5.94. The van der Waals surface area contributed by atoms with E-state index < -0.39 is 0 Å². The molecule has 0 radical (unpaired) electrons. The Labute approximate surface area is 134 Å². The second-order valence-corrected chi connectivity index (χ2v) is 6.10. The van der Waals surface area contributed by atoms with Gasteiger partial charge in [-0.3, -0.25) is 4.79 Å². The number of nitrogens with zero attached hydrogens (tertiary/aromatic N) is 3. The summed E-state index contributed by atoms with van der Waals surface area (Å²) in [6.07, 6.45) is 5.39. The van der Waals surface area contributed by atoms with Crippen molar-refractivity contribution in [3.63, 3.8) is 0 Å². The number of nitrogens with one attached hydrogen (secondary N) is 1. The zero-order valence-electron chi connectivity index (χ0n) is 13.0. The minimum absolute atomic E-state index is 0.0781. The number of carbonyl (C=O) groups is 1. The molecule has 0 aliphatic carbocycles. The van der Waals surface area contributed by atoms with Gasteiger partial charge in [-0.25, -0.2) is 0 Å². The van der Waals surface area contributed by atoms with Gasteiger partial charge in [-0.1, -0.05) is 6.42 Å². The maximum Gasteiger partial charge on any atom is 0.251 e. The van der Waals surface area contributed by atoms with Crippen molar-refractivity contribution in [2.45, 2.75) is 45.2 Å². The summed E-state index contributed by atoms with van der Waals surface area (Å²) in [6.45, 7) is 2.06. The largest absolute Gasteiger partial charge is 0.493 e. The summed E-state index contributed by atoms with van der Waals surface area (Å²) >= 11 is 0. The maximum absolute atomic E-state index is 12.4. The Morgan fingerprint density at radius 2 is 2.17 bits per heavy atom. The van der Waals surface area contributed by atoms with Gasteiger partial charge >= 0.3 is 0 Å². The topological polar surface area (TPSA) is 69.0 Å². The quantitative estimate of drug-likeness (QED) is 0.939. The van der Waals surface area contributed by atoms with Gasteiger partial charge < -0.3 is 14.6 Å². The average molecular weight is 312 g/mol. The maximum atomic E-state index is 12.4. The van der Waals surface area contributed by atoms with Gasteiger partial charge in [0.15, 0.2) is 5.82 Å². The molecule has 1 amide bonds. The van der Waals surface area contributed by atoms with Crippen LogP contribution in [0.4, 0.5) is 0 Å². The Morgan fingerprint density at radius 3 is 3.13 bits per heavy atom. The van der Waals surface area contributed by atoms with E-state index in [2.05, 4.69) is 20.1 Å². The monoisotopic (exact) mass is 312 g/mol. The third-order valence-corrected chi connectivity index (χ3v) is 4.54. The van der Waals surface area contributed by atoms with E-state index in [4.69, 9.17) is 4.74 Å². The van der Waals surface area contributed by atoms with Gasteiger partial charge in [0.1, 0.15) is 11.6 Å². The summed E-state index contributed by atoms with van der Waals surface area (Å²) in [5.41, 5.74) is 1.78. The lowest BCUT2D eigenvalue weighted by atomic mass is 10.1. The van der Waals surface area contributed by atoms with E-state index in [1.54, 1.807) is 0 Å². The van der Waals surface area contributed by atoms with Crippen LogP contribution < -0.4 is 10.1 Å². The average Bonchev–Trinajstić information content (AvgIpc) is 3.12. The van der Waals surface area contributed by atoms with Crippen molar-refractivity contribution in [1.82, 2.24) is 20.1 Å². The molecular formula is C17H20N4O2. The first-order valence-corrected chi connectivity index (χ1v) is 8.26. The van der Waals surface area contributed by atoms with Gasteiger partial charge in [0.25, 0.3) is 5.91 Å². The highest BCUT2D eigenvalue weighted by Gasteiger charge is 2.17. The first-order chi connectivity index (χ1) is 11.3. The molecule has 6 heteroatoms. The Bertz CT molecular complexity index is 738. The predicted octanol–water partition coefficient (Wildman–Crippen LogP) is 1.87. The summed E-state index contributed by atoms with van der Waals surface area (Å²) in [5.74, 6) is 2.70. The number of ether oxygens (including phenoxy) is 1. The van der Waals surface area contributed by atoms with Crippen LogP contribution in [0.1, 0.15) is 46.8 Å². The van der Waals surface area contributed by atoms with Crippen molar-refractivity contribution >= 4 is 5.91 Å². The van der Waals surface area contributed by atoms with Gasteiger partial charge in [0.05, 0.1) is 13.2 Å². The van der Waals surface area contributed by atoms with E-state index in [-0.39, 0.29) is 5.91 Å². The smallest absolute Gasteiger partial charge is 0.251 e. The van der Waals surface area contributed by atoms with E-state index in [1.807, 2.05) is 18.2 Å². The molecule has 120 valence electrons. The molecule has 2 aliphatic heterocycles. The number of rotatable bonds is 3. The second kappa shape index (κ2) is 6.02. The van der Waals surface area contributed by atoms with Crippen molar-refractivity contribution in [3.8, 4) is 5.75 Å². The van der Waals surface area contributed by atoms with Gasteiger partial charge in [0.2, 0.25) is 0 Å². The lowest BCUT2D eigenvalue weighted by molar-refractivity contribution is 0.0949. The van der Waals surface area contributed by atoms with Crippen molar-refractivity contribution in [3.05, 3.63) is 41.0 Å². The van der Waals surface area contributed by atoms with Gasteiger partial charge in [-0.15, -0.1) is 10.2 Å². The van der Waals surface area contributed by atoms with Gasteiger partial charge in [-0.2, -0.15) is 0 Å². The molecule has 0 unspecified atom stereocenters. The number of hydrogen-bond donors (Lipinski definition) is 1. The molecule has 0 saturated carbocycles. The Balaban J connectivity index is 1.45. The van der Waals surface area contributed by atoms with E-state index in [0.29, 0.717) is 18.7 Å². The second-order valence-electron chi connectivity index (χ2n) is 6.10. The molecule has 2 aromatic rings. The van der Waals surface area contributed by atoms with E-state index in [0.717, 1.165) is 48.8 Å². The molecule has 4 rings (SSSR count). The SMILES string of the molecule is O=C(NCc1nnc2n1CCCCC2)c1ccc2c(c1)CCO2. The molecule has 0 saturated heterocycles. The summed E-state index contributed by atoms with van der Waals surface area (Å²) in [5, 5.41) is 11.5. The molecule has 1 N–H and O–H groups in total. The number of amides is 1. The Kier molecular flexibility index (Phi) is 3.73. The third-order valence-electron chi connectivity index (χ3n) is 4.54. The zero-order valence-corrected chi connectivity index (χ0v) is 13.0. The highest BCUT2D eigenvalue weighted by atomic mass is 16.5. The molecule has 1 aromatic carbocycles. The molecule has 2 aliphatic rings. The van der Waals surface area contributed by atoms with Gasteiger partial charge in [0, 0.05) is 24.9 Å². The van der Waals surface area contributed by atoms with E-state index >= 15 is 0 Å². The molecule has 1 aromatic heterocycles. The fourth-order valence-electron chi connectivity index (χ4n) is 3.27. The van der Waals surface area contributed by atoms with E-state index in [9.17, 15) is 4.79 Å². The number of aryl methyl sites for hydroxylation is 1. The fraction of sp³-hybridized carbons (Fsp3) is 0.471. The first kappa shape index (κ1) is 14.2. The summed E-state index contributed by atoms with van der Waals surface area (Å²) in [4.78, 5) is 12.4. The molecule has 6 nitrogen and oxygen atoms in total. The molecule has 0 bridgehead atoms. The molecule has 0 fully saturated rings. The minimum atomic E-state index is -0.0781. The third kappa shape index (κ3) is 2.81. The zero-order chi connectivity index (χ0) is 15.6. The molecule has 23 heavy (non-hydrogen) atoms. The van der Waals surface area contributed by atoms with Crippen LogP contribution in [-0.4, -0.2) is 27.3 Å². The fourth-order valence-corrected chi connectivity index (χ4v) is 3.27. The molecule has 0 atom stereocenters. The molecular weight excluding hydrogens is 292 g/mol. The predicted molar refractivity (Wildman–Crippen MR) is 84.4 cm³/mol. The van der Waals surface area contributed by atoms with Crippen LogP contribution in [0, 0.1) is 0 Å². The highest BCUT2D eigenvalue weighted by Crippen LogP contribution is 2.25. The van der Waals surface area contributed by atoms with Crippen molar-refractivity contribution in [2.24, 2.45) is 0 Å². The van der Waals surface area contributed by atoms with Crippen LogP contribution in [0.3, 0.4) is 0 Å². The molecule has 3 heterocycles. The van der Waals surface area contributed by atoms with Crippen LogP contribution in [-0.2, 0) is 25.9 Å². The number of aromatic nitrogens is 3. The summed E-state index contributed by atoms with van der Waals surface area (Å²) < 4.78 is 7.63. The van der Waals surface area contributed by atoms with Crippen molar-refractivity contribution in [1.29, 1.82) is 0 Å². The van der Waals surface area contributed by atoms with Crippen LogP contribution >= 0.6 is 0 Å². The van der Waals surface area contributed by atoms with Crippen molar-refractivity contribution < 1.29 is 9.53 Å². The lowest BCUT2D eigenvalue weighted by Crippen LogP contribution is -2.25. The number of benzene rings is 1. The van der Waals surface area contributed by atoms with Crippen LogP contribution in [0.2, 0.25) is 0 Å². The minimum Gasteiger partial charge on any atom is -0.493 e. The molecule has 0 spiro atoms. The summed E-state index contributed by atoms with van der Waals surface area (Å²) in [7, 11) is 0. The number of carbonyl (C=O) groups excluding carboxylic acids is 1. The van der Waals surface area contributed by atoms with E-state index in [1.165, 1.54) is 12.8 Å². The first-order valence-electron chi connectivity index (χ1n) is 8.26.